The molecule has 0 saturated carbocycles. The highest BCUT2D eigenvalue weighted by atomic mass is 19.1. The zero-order valence-corrected chi connectivity index (χ0v) is 12.8. The van der Waals surface area contributed by atoms with Crippen LogP contribution in [0.2, 0.25) is 0 Å². The average Bonchev–Trinajstić information content (AvgIpc) is 2.60. The molecule has 1 amide bonds. The summed E-state index contributed by atoms with van der Waals surface area (Å²) in [5, 5.41) is 2.73. The SMILES string of the molecule is O=C(N[C@H](c1ccncc1)c1ccc(F)cc1)c1cc(=O)[nH]c(=O)[nH]1. The molecule has 0 saturated heterocycles. The van der Waals surface area contributed by atoms with E-state index in [0.29, 0.717) is 11.1 Å². The van der Waals surface area contributed by atoms with Gasteiger partial charge in [0.15, 0.2) is 0 Å². The van der Waals surface area contributed by atoms with Crippen LogP contribution in [-0.2, 0) is 0 Å². The molecule has 2 heterocycles. The van der Waals surface area contributed by atoms with Crippen molar-refractivity contribution < 1.29 is 9.18 Å². The number of nitrogens with one attached hydrogen (secondary N) is 3. The monoisotopic (exact) mass is 340 g/mol. The number of pyridine rings is 1. The number of nitrogens with zero attached hydrogens (tertiary/aromatic N) is 1. The molecule has 3 aromatic rings. The Morgan fingerprint density at radius 3 is 2.28 bits per heavy atom. The lowest BCUT2D eigenvalue weighted by Crippen LogP contribution is -2.33. The highest BCUT2D eigenvalue weighted by molar-refractivity contribution is 5.92. The molecule has 25 heavy (non-hydrogen) atoms. The quantitative estimate of drug-likeness (QED) is 0.661. The Morgan fingerprint density at radius 2 is 1.64 bits per heavy atom. The molecule has 0 aliphatic heterocycles. The zero-order valence-electron chi connectivity index (χ0n) is 12.8. The number of hydrogen-bond donors (Lipinski definition) is 3. The summed E-state index contributed by atoms with van der Waals surface area (Å²) in [7, 11) is 0. The van der Waals surface area contributed by atoms with Gasteiger partial charge in [0.25, 0.3) is 11.5 Å². The van der Waals surface area contributed by atoms with Crippen molar-refractivity contribution in [1.29, 1.82) is 0 Å². The van der Waals surface area contributed by atoms with E-state index < -0.39 is 29.0 Å². The fourth-order valence-electron chi connectivity index (χ4n) is 2.37. The number of hydrogen-bond acceptors (Lipinski definition) is 4. The molecule has 2 aromatic heterocycles. The van der Waals surface area contributed by atoms with Crippen LogP contribution in [0, 0.1) is 5.82 Å². The van der Waals surface area contributed by atoms with Gasteiger partial charge in [0.05, 0.1) is 6.04 Å². The van der Waals surface area contributed by atoms with Crippen molar-refractivity contribution in [3.63, 3.8) is 0 Å². The fourth-order valence-corrected chi connectivity index (χ4v) is 2.37. The van der Waals surface area contributed by atoms with E-state index in [1.807, 2.05) is 4.98 Å². The largest absolute Gasteiger partial charge is 0.340 e. The highest BCUT2D eigenvalue weighted by Gasteiger charge is 2.19. The third-order valence-corrected chi connectivity index (χ3v) is 3.52. The van der Waals surface area contributed by atoms with Crippen molar-refractivity contribution in [2.75, 3.05) is 0 Å². The summed E-state index contributed by atoms with van der Waals surface area (Å²) < 4.78 is 13.2. The molecule has 3 rings (SSSR count). The van der Waals surface area contributed by atoms with E-state index in [4.69, 9.17) is 0 Å². The Morgan fingerprint density at radius 1 is 1.00 bits per heavy atom. The van der Waals surface area contributed by atoms with E-state index in [2.05, 4.69) is 15.3 Å². The predicted octanol–water partition coefficient (Wildman–Crippen LogP) is 1.12. The number of aromatic nitrogens is 3. The van der Waals surface area contributed by atoms with E-state index in [0.717, 1.165) is 6.07 Å². The van der Waals surface area contributed by atoms with E-state index in [-0.39, 0.29) is 5.69 Å². The van der Waals surface area contributed by atoms with Crippen molar-refractivity contribution in [3.8, 4) is 0 Å². The summed E-state index contributed by atoms with van der Waals surface area (Å²) in [6.07, 6.45) is 3.13. The van der Waals surface area contributed by atoms with Gasteiger partial charge in [-0.25, -0.2) is 9.18 Å². The van der Waals surface area contributed by atoms with E-state index in [9.17, 15) is 18.8 Å². The normalized spacial score (nSPS) is 11.7. The highest BCUT2D eigenvalue weighted by Crippen LogP contribution is 2.22. The van der Waals surface area contributed by atoms with Crippen molar-refractivity contribution in [2.45, 2.75) is 6.04 Å². The lowest BCUT2D eigenvalue weighted by molar-refractivity contribution is 0.0937. The molecule has 1 atom stereocenters. The first-order chi connectivity index (χ1) is 12.0. The van der Waals surface area contributed by atoms with Crippen LogP contribution in [0.4, 0.5) is 4.39 Å². The predicted molar refractivity (Wildman–Crippen MR) is 87.6 cm³/mol. The molecule has 126 valence electrons. The molecule has 0 radical (unpaired) electrons. The zero-order chi connectivity index (χ0) is 17.8. The van der Waals surface area contributed by atoms with Gasteiger partial charge >= 0.3 is 5.69 Å². The Hall–Kier alpha value is -3.55. The minimum atomic E-state index is -0.778. The van der Waals surface area contributed by atoms with Crippen LogP contribution in [-0.4, -0.2) is 20.9 Å². The Balaban J connectivity index is 1.97. The minimum absolute atomic E-state index is 0.171. The number of rotatable bonds is 4. The van der Waals surface area contributed by atoms with Gasteiger partial charge in [0.1, 0.15) is 11.5 Å². The number of amides is 1. The number of carbonyl (C=O) groups is 1. The van der Waals surface area contributed by atoms with Gasteiger partial charge in [-0.1, -0.05) is 12.1 Å². The molecule has 0 bridgehead atoms. The van der Waals surface area contributed by atoms with Crippen LogP contribution >= 0.6 is 0 Å². The number of halogens is 1. The third-order valence-electron chi connectivity index (χ3n) is 3.52. The summed E-state index contributed by atoms with van der Waals surface area (Å²) in [5.41, 5.74) is -0.291. The van der Waals surface area contributed by atoms with Crippen molar-refractivity contribution in [3.05, 3.63) is 98.3 Å². The number of benzene rings is 1. The molecular formula is C17H13FN4O3. The van der Waals surface area contributed by atoms with Gasteiger partial charge in [-0.2, -0.15) is 0 Å². The maximum absolute atomic E-state index is 13.2. The van der Waals surface area contributed by atoms with E-state index in [1.165, 1.54) is 12.1 Å². The Labute approximate surface area is 140 Å². The number of carbonyl (C=O) groups excluding carboxylic acids is 1. The Bertz CT molecular complexity index is 968. The Kier molecular flexibility index (Phi) is 4.51. The first kappa shape index (κ1) is 16.3. The van der Waals surface area contributed by atoms with Gasteiger partial charge in [-0.3, -0.25) is 19.6 Å². The molecular weight excluding hydrogens is 327 g/mol. The minimum Gasteiger partial charge on any atom is -0.340 e. The van der Waals surface area contributed by atoms with Crippen LogP contribution in [0.3, 0.4) is 0 Å². The van der Waals surface area contributed by atoms with Crippen molar-refractivity contribution >= 4 is 5.91 Å². The van der Waals surface area contributed by atoms with Crippen LogP contribution in [0.1, 0.15) is 27.7 Å². The topological polar surface area (TPSA) is 108 Å². The molecule has 0 spiro atoms. The van der Waals surface area contributed by atoms with Gasteiger partial charge in [0.2, 0.25) is 0 Å². The lowest BCUT2D eigenvalue weighted by atomic mass is 9.99. The van der Waals surface area contributed by atoms with Crippen LogP contribution < -0.4 is 16.6 Å². The first-order valence-corrected chi connectivity index (χ1v) is 7.33. The molecule has 8 heteroatoms. The van der Waals surface area contributed by atoms with Gasteiger partial charge < -0.3 is 10.3 Å². The van der Waals surface area contributed by atoms with Crippen LogP contribution in [0.25, 0.3) is 0 Å². The van der Waals surface area contributed by atoms with Crippen LogP contribution in [0.5, 0.6) is 0 Å². The second-order valence-electron chi connectivity index (χ2n) is 5.24. The smallest absolute Gasteiger partial charge is 0.326 e. The van der Waals surface area contributed by atoms with Gasteiger partial charge in [-0.15, -0.1) is 0 Å². The maximum atomic E-state index is 13.2. The second kappa shape index (κ2) is 6.91. The van der Waals surface area contributed by atoms with Gasteiger partial charge in [0, 0.05) is 18.5 Å². The fraction of sp³-hybridized carbons (Fsp3) is 0.0588. The average molecular weight is 340 g/mol. The van der Waals surface area contributed by atoms with Crippen LogP contribution in [0.15, 0.2) is 64.4 Å². The molecule has 0 aliphatic carbocycles. The maximum Gasteiger partial charge on any atom is 0.326 e. The molecule has 1 aromatic carbocycles. The van der Waals surface area contributed by atoms with Crippen molar-refractivity contribution in [2.24, 2.45) is 0 Å². The molecule has 0 aliphatic rings. The first-order valence-electron chi connectivity index (χ1n) is 7.33. The summed E-state index contributed by atoms with van der Waals surface area (Å²) in [6.45, 7) is 0. The summed E-state index contributed by atoms with van der Waals surface area (Å²) >= 11 is 0. The van der Waals surface area contributed by atoms with Crippen molar-refractivity contribution in [1.82, 2.24) is 20.3 Å². The number of H-pyrrole nitrogens is 2. The molecule has 7 nitrogen and oxygen atoms in total. The molecule has 0 fully saturated rings. The summed E-state index contributed by atoms with van der Waals surface area (Å²) in [6, 6.07) is 9.44. The third kappa shape index (κ3) is 3.86. The van der Waals surface area contributed by atoms with E-state index in [1.54, 1.807) is 36.7 Å². The summed E-state index contributed by atoms with van der Waals surface area (Å²) in [4.78, 5) is 43.4. The molecule has 3 N–H and O–H groups in total. The van der Waals surface area contributed by atoms with Gasteiger partial charge in [-0.05, 0) is 35.4 Å². The summed E-state index contributed by atoms with van der Waals surface area (Å²) in [5.74, 6) is -1.04. The number of aromatic amines is 2. The van der Waals surface area contributed by atoms with E-state index >= 15 is 0 Å². The lowest BCUT2D eigenvalue weighted by Gasteiger charge is -2.19. The second-order valence-corrected chi connectivity index (χ2v) is 5.24. The standard InChI is InChI=1S/C17H13FN4O3/c18-12-3-1-10(2-4-12)15(11-5-7-19-8-6-11)22-16(24)13-9-14(23)21-17(25)20-13/h1-9,15H,(H,22,24)(H2,20,21,23,25)/t15-/m0/s1. The molecule has 0 unspecified atom stereocenters.